The average Bonchev–Trinajstić information content (AvgIpc) is 3.30. The molecule has 4 aromatic heterocycles. The predicted octanol–water partition coefficient (Wildman–Crippen LogP) is 0.452. The largest absolute Gasteiger partial charge is 0.451 e. The highest BCUT2D eigenvalue weighted by Gasteiger charge is 2.34. The Hall–Kier alpha value is -4.89. The number of carbonyl (C=O) groups is 2. The first kappa shape index (κ1) is 25.2. The molecular formula is C21H18F3N9O4. The fourth-order valence-corrected chi connectivity index (χ4v) is 3.51. The Morgan fingerprint density at radius 1 is 1.14 bits per heavy atom. The van der Waals surface area contributed by atoms with Crippen molar-refractivity contribution in [1.29, 1.82) is 0 Å². The van der Waals surface area contributed by atoms with Gasteiger partial charge in [-0.25, -0.2) is 29.3 Å². The van der Waals surface area contributed by atoms with E-state index >= 15 is 0 Å². The van der Waals surface area contributed by atoms with Crippen molar-refractivity contribution in [3.05, 3.63) is 63.6 Å². The number of hydrogen-bond donors (Lipinski definition) is 2. The van der Waals surface area contributed by atoms with Crippen molar-refractivity contribution in [2.75, 3.05) is 5.32 Å². The zero-order valence-electron chi connectivity index (χ0n) is 19.2. The van der Waals surface area contributed by atoms with Gasteiger partial charge < -0.3 is 15.6 Å². The van der Waals surface area contributed by atoms with Crippen LogP contribution in [-0.2, 0) is 29.4 Å². The van der Waals surface area contributed by atoms with Gasteiger partial charge in [0.05, 0.1) is 12.0 Å². The van der Waals surface area contributed by atoms with Crippen molar-refractivity contribution in [2.45, 2.75) is 25.7 Å². The number of aryl methyl sites for hydroxylation is 1. The normalized spacial score (nSPS) is 12.5. The Bertz CT molecular complexity index is 1640. The summed E-state index contributed by atoms with van der Waals surface area (Å²) in [5.41, 5.74) is 3.79. The zero-order valence-corrected chi connectivity index (χ0v) is 19.2. The molecule has 0 saturated heterocycles. The highest BCUT2D eigenvalue weighted by Crippen LogP contribution is 2.27. The summed E-state index contributed by atoms with van der Waals surface area (Å²) in [4.78, 5) is 64.6. The minimum Gasteiger partial charge on any atom is -0.368 e. The van der Waals surface area contributed by atoms with Crippen molar-refractivity contribution >= 4 is 28.8 Å². The van der Waals surface area contributed by atoms with Gasteiger partial charge in [0, 0.05) is 25.0 Å². The van der Waals surface area contributed by atoms with E-state index in [1.807, 2.05) is 0 Å². The Labute approximate surface area is 204 Å². The second-order valence-electron chi connectivity index (χ2n) is 7.89. The highest BCUT2D eigenvalue weighted by atomic mass is 19.4. The SMILES string of the molecule is CC(C(=O)Nc1cccc(-c2cnc(C(F)(F)F)nc2)n1)n1cnc2c1c(=O)n(CC(N)=O)c(=O)n2C. The van der Waals surface area contributed by atoms with Gasteiger partial charge in [0.2, 0.25) is 17.6 Å². The number of pyridine rings is 1. The van der Waals surface area contributed by atoms with Crippen LogP contribution < -0.4 is 22.3 Å². The Balaban J connectivity index is 1.63. The lowest BCUT2D eigenvalue weighted by molar-refractivity contribution is -0.145. The molecule has 0 saturated carbocycles. The maximum atomic E-state index is 13.0. The van der Waals surface area contributed by atoms with Crippen molar-refractivity contribution in [3.63, 3.8) is 0 Å². The van der Waals surface area contributed by atoms with Gasteiger partial charge in [-0.1, -0.05) is 6.07 Å². The monoisotopic (exact) mass is 517 g/mol. The lowest BCUT2D eigenvalue weighted by Gasteiger charge is -2.15. The van der Waals surface area contributed by atoms with Crippen LogP contribution in [0.4, 0.5) is 19.0 Å². The molecule has 4 heterocycles. The van der Waals surface area contributed by atoms with Crippen LogP contribution >= 0.6 is 0 Å². The van der Waals surface area contributed by atoms with Gasteiger partial charge in [0.15, 0.2) is 11.2 Å². The van der Waals surface area contributed by atoms with E-state index < -0.39 is 47.7 Å². The van der Waals surface area contributed by atoms with Crippen molar-refractivity contribution < 1.29 is 22.8 Å². The molecule has 0 aliphatic rings. The van der Waals surface area contributed by atoms with Gasteiger partial charge in [0.25, 0.3) is 5.56 Å². The first-order valence-corrected chi connectivity index (χ1v) is 10.5. The minimum atomic E-state index is -4.69. The second kappa shape index (κ2) is 9.29. The Kier molecular flexibility index (Phi) is 6.33. The molecule has 0 radical (unpaired) electrons. The van der Waals surface area contributed by atoms with Crippen molar-refractivity contribution in [2.24, 2.45) is 12.8 Å². The zero-order chi connectivity index (χ0) is 27.1. The fourth-order valence-electron chi connectivity index (χ4n) is 3.51. The number of alkyl halides is 3. The number of nitrogens with zero attached hydrogens (tertiary/aromatic N) is 7. The first-order chi connectivity index (χ1) is 17.4. The number of amides is 2. The van der Waals surface area contributed by atoms with E-state index in [2.05, 4.69) is 25.3 Å². The van der Waals surface area contributed by atoms with Crippen LogP contribution in [0.5, 0.6) is 0 Å². The molecule has 3 N–H and O–H groups in total. The number of fused-ring (bicyclic) bond motifs is 1. The lowest BCUT2D eigenvalue weighted by Crippen LogP contribution is -2.42. The fraction of sp³-hybridized carbons (Fsp3) is 0.238. The maximum Gasteiger partial charge on any atom is 0.451 e. The summed E-state index contributed by atoms with van der Waals surface area (Å²) in [5.74, 6) is -2.76. The summed E-state index contributed by atoms with van der Waals surface area (Å²) >= 11 is 0. The van der Waals surface area contributed by atoms with Crippen molar-refractivity contribution in [3.8, 4) is 11.3 Å². The van der Waals surface area contributed by atoms with E-state index in [0.29, 0.717) is 4.57 Å². The molecule has 16 heteroatoms. The van der Waals surface area contributed by atoms with E-state index in [0.717, 1.165) is 17.0 Å². The van der Waals surface area contributed by atoms with Crippen LogP contribution in [0.25, 0.3) is 22.4 Å². The molecule has 0 spiro atoms. The minimum absolute atomic E-state index is 0.00204. The lowest BCUT2D eigenvalue weighted by atomic mass is 10.2. The third kappa shape index (κ3) is 4.80. The first-order valence-electron chi connectivity index (χ1n) is 10.5. The van der Waals surface area contributed by atoms with Crippen molar-refractivity contribution in [1.82, 2.24) is 33.6 Å². The molecular weight excluding hydrogens is 499 g/mol. The van der Waals surface area contributed by atoms with Crippen LogP contribution in [0, 0.1) is 0 Å². The smallest absolute Gasteiger partial charge is 0.368 e. The highest BCUT2D eigenvalue weighted by molar-refractivity contribution is 5.93. The average molecular weight is 517 g/mol. The molecule has 0 aliphatic carbocycles. The molecule has 4 rings (SSSR count). The van der Waals surface area contributed by atoms with Gasteiger partial charge in [0.1, 0.15) is 18.4 Å². The van der Waals surface area contributed by atoms with Crippen LogP contribution in [0.3, 0.4) is 0 Å². The summed E-state index contributed by atoms with van der Waals surface area (Å²) in [6.07, 6.45) is -1.56. The molecule has 0 aromatic carbocycles. The number of aromatic nitrogens is 7. The maximum absolute atomic E-state index is 13.0. The molecule has 0 fully saturated rings. The number of carbonyl (C=O) groups excluding carboxylic acids is 2. The Morgan fingerprint density at radius 3 is 2.43 bits per heavy atom. The standard InChI is InChI=1S/C21H18F3N9O4/c1-10(33-9-28-16-15(33)18(36)32(8-13(25)34)20(37)31(16)2)17(35)30-14-5-3-4-12(29-14)11-6-26-19(27-7-11)21(22,23)24/h3-7,9-10H,8H2,1-2H3,(H2,25,34)(H,29,30,35). The molecule has 13 nitrogen and oxygen atoms in total. The van der Waals surface area contributed by atoms with Gasteiger partial charge in [-0.15, -0.1) is 0 Å². The number of hydrogen-bond acceptors (Lipinski definition) is 8. The van der Waals surface area contributed by atoms with Gasteiger partial charge >= 0.3 is 11.9 Å². The van der Waals surface area contributed by atoms with Crippen LogP contribution in [0.15, 0.2) is 46.5 Å². The molecule has 192 valence electrons. The van der Waals surface area contributed by atoms with E-state index in [1.165, 1.54) is 43.1 Å². The summed E-state index contributed by atoms with van der Waals surface area (Å²) in [5, 5.41) is 2.56. The van der Waals surface area contributed by atoms with E-state index in [4.69, 9.17) is 5.73 Å². The summed E-state index contributed by atoms with van der Waals surface area (Å²) in [6.45, 7) is 0.810. The number of nitrogens with one attached hydrogen (secondary N) is 1. The van der Waals surface area contributed by atoms with Crippen LogP contribution in [-0.4, -0.2) is 45.5 Å². The molecule has 1 atom stereocenters. The topological polar surface area (TPSA) is 173 Å². The second-order valence-corrected chi connectivity index (χ2v) is 7.89. The van der Waals surface area contributed by atoms with Gasteiger partial charge in [-0.05, 0) is 19.1 Å². The van der Waals surface area contributed by atoms with E-state index in [9.17, 15) is 32.3 Å². The number of imidazole rings is 1. The van der Waals surface area contributed by atoms with Gasteiger partial charge in [-0.3, -0.25) is 19.0 Å². The molecule has 2 amide bonds. The number of nitrogens with two attached hydrogens (primary N) is 1. The number of rotatable bonds is 6. The number of anilines is 1. The van der Waals surface area contributed by atoms with Crippen LogP contribution in [0.2, 0.25) is 0 Å². The van der Waals surface area contributed by atoms with E-state index in [-0.39, 0.29) is 28.2 Å². The molecule has 0 aliphatic heterocycles. The third-order valence-corrected chi connectivity index (χ3v) is 5.37. The van der Waals surface area contributed by atoms with Crippen LogP contribution in [0.1, 0.15) is 18.8 Å². The summed E-state index contributed by atoms with van der Waals surface area (Å²) < 4.78 is 41.1. The Morgan fingerprint density at radius 2 is 1.81 bits per heavy atom. The molecule has 4 aromatic rings. The molecule has 37 heavy (non-hydrogen) atoms. The van der Waals surface area contributed by atoms with Gasteiger partial charge in [-0.2, -0.15) is 13.2 Å². The number of halogens is 3. The van der Waals surface area contributed by atoms with E-state index in [1.54, 1.807) is 0 Å². The summed E-state index contributed by atoms with van der Waals surface area (Å²) in [7, 11) is 1.35. The third-order valence-electron chi connectivity index (χ3n) is 5.37. The summed E-state index contributed by atoms with van der Waals surface area (Å²) in [6, 6.07) is 3.44. The quantitative estimate of drug-likeness (QED) is 0.371. The number of primary amides is 1. The molecule has 0 bridgehead atoms. The predicted molar refractivity (Wildman–Crippen MR) is 122 cm³/mol. The molecule has 1 unspecified atom stereocenters.